The van der Waals surface area contributed by atoms with Crippen molar-refractivity contribution in [1.82, 2.24) is 10.9 Å². The first-order chi connectivity index (χ1) is 14.4. The number of benzene rings is 2. The highest BCUT2D eigenvalue weighted by molar-refractivity contribution is 7.98. The van der Waals surface area contributed by atoms with Crippen LogP contribution < -0.4 is 25.2 Å². The molecule has 1 aliphatic heterocycles. The summed E-state index contributed by atoms with van der Waals surface area (Å²) in [6.07, 6.45) is 2.04. The van der Waals surface area contributed by atoms with E-state index in [1.165, 1.54) is 26.4 Å². The summed E-state index contributed by atoms with van der Waals surface area (Å²) in [5.74, 6) is -0.719. The van der Waals surface area contributed by atoms with Crippen molar-refractivity contribution in [1.29, 1.82) is 0 Å². The van der Waals surface area contributed by atoms with Gasteiger partial charge in [0, 0.05) is 35.2 Å². The number of hydrogen-bond donors (Lipinski definition) is 2. The zero-order valence-electron chi connectivity index (χ0n) is 16.9. The topological polar surface area (TPSA) is 97.0 Å². The maximum absolute atomic E-state index is 12.5. The van der Waals surface area contributed by atoms with Crippen LogP contribution in [0.5, 0.6) is 11.5 Å². The van der Waals surface area contributed by atoms with Gasteiger partial charge < -0.3 is 14.4 Å². The summed E-state index contributed by atoms with van der Waals surface area (Å²) >= 11 is 1.58. The second kappa shape index (κ2) is 9.53. The molecule has 2 aromatic rings. The first kappa shape index (κ1) is 21.5. The molecule has 1 atom stereocenters. The molecule has 1 fully saturated rings. The largest absolute Gasteiger partial charge is 0.497 e. The maximum Gasteiger partial charge on any atom is 0.269 e. The highest BCUT2D eigenvalue weighted by atomic mass is 32.2. The number of hydrogen-bond acceptors (Lipinski definition) is 6. The predicted molar refractivity (Wildman–Crippen MR) is 114 cm³/mol. The summed E-state index contributed by atoms with van der Waals surface area (Å²) in [7, 11) is 2.96. The van der Waals surface area contributed by atoms with Crippen LogP contribution in [0.15, 0.2) is 47.4 Å². The van der Waals surface area contributed by atoms with Crippen LogP contribution in [0.1, 0.15) is 16.8 Å². The summed E-state index contributed by atoms with van der Waals surface area (Å²) < 4.78 is 10.3. The Labute approximate surface area is 178 Å². The van der Waals surface area contributed by atoms with Crippen molar-refractivity contribution in [2.45, 2.75) is 11.3 Å². The van der Waals surface area contributed by atoms with Crippen molar-refractivity contribution in [2.24, 2.45) is 5.92 Å². The number of thioether (sulfide) groups is 1. The van der Waals surface area contributed by atoms with Gasteiger partial charge in [-0.1, -0.05) is 6.07 Å². The molecule has 30 heavy (non-hydrogen) atoms. The molecule has 0 spiro atoms. The Morgan fingerprint density at radius 2 is 1.77 bits per heavy atom. The fourth-order valence-corrected chi connectivity index (χ4v) is 3.60. The minimum absolute atomic E-state index is 0.0815. The molecule has 1 saturated heterocycles. The summed E-state index contributed by atoms with van der Waals surface area (Å²) in [4.78, 5) is 40.0. The fourth-order valence-electron chi connectivity index (χ4n) is 3.14. The Kier molecular flexibility index (Phi) is 6.83. The molecule has 1 heterocycles. The molecule has 0 saturated carbocycles. The van der Waals surface area contributed by atoms with Crippen LogP contribution in [0.4, 0.5) is 5.69 Å². The van der Waals surface area contributed by atoms with Gasteiger partial charge in [0.15, 0.2) is 0 Å². The summed E-state index contributed by atoms with van der Waals surface area (Å²) in [6, 6.07) is 12.3. The van der Waals surface area contributed by atoms with E-state index in [9.17, 15) is 14.4 Å². The Balaban J connectivity index is 1.61. The molecule has 158 valence electrons. The number of anilines is 1. The number of carbonyl (C=O) groups excluding carboxylic acids is 3. The monoisotopic (exact) mass is 429 g/mol. The van der Waals surface area contributed by atoms with Crippen LogP contribution in [0.25, 0.3) is 0 Å². The van der Waals surface area contributed by atoms with E-state index in [1.54, 1.807) is 22.7 Å². The van der Waals surface area contributed by atoms with Crippen molar-refractivity contribution < 1.29 is 23.9 Å². The van der Waals surface area contributed by atoms with Gasteiger partial charge in [-0.05, 0) is 36.6 Å². The van der Waals surface area contributed by atoms with E-state index in [-0.39, 0.29) is 24.4 Å². The van der Waals surface area contributed by atoms with Crippen LogP contribution in [0, 0.1) is 5.92 Å². The summed E-state index contributed by atoms with van der Waals surface area (Å²) in [5, 5.41) is 0. The van der Waals surface area contributed by atoms with Gasteiger partial charge in [0.2, 0.25) is 11.8 Å². The average molecular weight is 429 g/mol. The second-order valence-corrected chi connectivity index (χ2v) is 7.53. The van der Waals surface area contributed by atoms with Crippen LogP contribution >= 0.6 is 11.8 Å². The minimum Gasteiger partial charge on any atom is -0.497 e. The number of hydrazine groups is 1. The van der Waals surface area contributed by atoms with E-state index in [0.29, 0.717) is 11.5 Å². The average Bonchev–Trinajstić information content (AvgIpc) is 3.18. The first-order valence-electron chi connectivity index (χ1n) is 9.23. The van der Waals surface area contributed by atoms with Crippen LogP contribution in [0.3, 0.4) is 0 Å². The minimum atomic E-state index is -0.560. The predicted octanol–water partition coefficient (Wildman–Crippen LogP) is 2.24. The fraction of sp³-hybridized carbons (Fsp3) is 0.286. The van der Waals surface area contributed by atoms with E-state index >= 15 is 0 Å². The molecule has 8 nitrogen and oxygen atoms in total. The molecule has 2 N–H and O–H groups in total. The molecule has 0 bridgehead atoms. The Morgan fingerprint density at radius 3 is 2.40 bits per heavy atom. The third kappa shape index (κ3) is 4.85. The number of nitrogens with one attached hydrogen (secondary N) is 2. The summed E-state index contributed by atoms with van der Waals surface area (Å²) in [6.45, 7) is 0.255. The van der Waals surface area contributed by atoms with Crippen LogP contribution in [-0.2, 0) is 9.59 Å². The number of nitrogens with zero attached hydrogens (tertiary/aromatic N) is 1. The molecule has 0 aromatic heterocycles. The number of carbonyl (C=O) groups is 3. The first-order valence-corrected chi connectivity index (χ1v) is 10.4. The van der Waals surface area contributed by atoms with Gasteiger partial charge in [0.25, 0.3) is 5.91 Å². The van der Waals surface area contributed by atoms with E-state index in [4.69, 9.17) is 9.47 Å². The molecule has 9 heteroatoms. The summed E-state index contributed by atoms with van der Waals surface area (Å²) in [5.41, 5.74) is 5.82. The van der Waals surface area contributed by atoms with E-state index in [0.717, 1.165) is 10.6 Å². The van der Waals surface area contributed by atoms with Crippen LogP contribution in [0.2, 0.25) is 0 Å². The van der Waals surface area contributed by atoms with Gasteiger partial charge in [0.1, 0.15) is 11.5 Å². The van der Waals surface area contributed by atoms with Crippen molar-refractivity contribution >= 4 is 35.2 Å². The third-order valence-electron chi connectivity index (χ3n) is 4.77. The van der Waals surface area contributed by atoms with E-state index in [2.05, 4.69) is 10.9 Å². The quantitative estimate of drug-likeness (QED) is 0.540. The van der Waals surface area contributed by atoms with Gasteiger partial charge in [-0.3, -0.25) is 25.2 Å². The van der Waals surface area contributed by atoms with Crippen molar-refractivity contribution in [3.05, 3.63) is 48.0 Å². The van der Waals surface area contributed by atoms with E-state index < -0.39 is 17.7 Å². The number of methoxy groups -OCH3 is 2. The molecule has 1 unspecified atom stereocenters. The second-order valence-electron chi connectivity index (χ2n) is 6.65. The molecule has 3 amide bonds. The molecule has 0 radical (unpaired) electrons. The van der Waals surface area contributed by atoms with Crippen molar-refractivity contribution in [3.63, 3.8) is 0 Å². The van der Waals surface area contributed by atoms with Gasteiger partial charge in [-0.25, -0.2) is 0 Å². The molecule has 2 aromatic carbocycles. The SMILES string of the molecule is COc1cc(OC)cc(C(=O)NNC(=O)C2CC(=O)N(c3cccc(SC)c3)C2)c1. The van der Waals surface area contributed by atoms with Gasteiger partial charge in [0.05, 0.1) is 20.1 Å². The normalized spacial score (nSPS) is 15.6. The number of ether oxygens (including phenoxy) is 2. The lowest BCUT2D eigenvalue weighted by atomic mass is 10.1. The maximum atomic E-state index is 12.5. The van der Waals surface area contributed by atoms with Crippen LogP contribution in [-0.4, -0.2) is 44.7 Å². The molecular weight excluding hydrogens is 406 g/mol. The Bertz CT molecular complexity index is 943. The standard InChI is InChI=1S/C21H23N3O5S/c1-28-16-7-13(8-17(11-16)29-2)20(26)22-23-21(27)14-9-19(25)24(12-14)15-5-4-6-18(10-15)30-3/h4-8,10-11,14H,9,12H2,1-3H3,(H,22,26)(H,23,27). The van der Waals surface area contributed by atoms with E-state index in [1.807, 2.05) is 30.5 Å². The highest BCUT2D eigenvalue weighted by Crippen LogP contribution is 2.28. The zero-order valence-corrected chi connectivity index (χ0v) is 17.7. The third-order valence-corrected chi connectivity index (χ3v) is 5.50. The number of amides is 3. The van der Waals surface area contributed by atoms with Gasteiger partial charge in [-0.15, -0.1) is 11.8 Å². The zero-order chi connectivity index (χ0) is 21.7. The van der Waals surface area contributed by atoms with Crippen molar-refractivity contribution in [2.75, 3.05) is 31.9 Å². The Morgan fingerprint density at radius 1 is 1.07 bits per heavy atom. The van der Waals surface area contributed by atoms with Gasteiger partial charge >= 0.3 is 0 Å². The smallest absolute Gasteiger partial charge is 0.269 e. The van der Waals surface area contributed by atoms with Gasteiger partial charge in [-0.2, -0.15) is 0 Å². The molecule has 3 rings (SSSR count). The number of rotatable bonds is 6. The molecule has 1 aliphatic rings. The highest BCUT2D eigenvalue weighted by Gasteiger charge is 2.35. The Hall–Kier alpha value is -3.20. The lowest BCUT2D eigenvalue weighted by Gasteiger charge is -2.17. The lowest BCUT2D eigenvalue weighted by molar-refractivity contribution is -0.126. The lowest BCUT2D eigenvalue weighted by Crippen LogP contribution is -2.45. The molecular formula is C21H23N3O5S. The van der Waals surface area contributed by atoms with Crippen molar-refractivity contribution in [3.8, 4) is 11.5 Å². The molecule has 0 aliphatic carbocycles.